The summed E-state index contributed by atoms with van der Waals surface area (Å²) in [5.74, 6) is 0.0408. The smallest absolute Gasteiger partial charge is 0.323 e. The Morgan fingerprint density at radius 1 is 1.42 bits per heavy atom. The summed E-state index contributed by atoms with van der Waals surface area (Å²) in [5.41, 5.74) is 6.19. The van der Waals surface area contributed by atoms with E-state index in [1.54, 1.807) is 30.1 Å². The van der Waals surface area contributed by atoms with Gasteiger partial charge in [0, 0.05) is 6.07 Å². The highest BCUT2D eigenvalue weighted by Crippen LogP contribution is 2.26. The van der Waals surface area contributed by atoms with Crippen LogP contribution in [0, 0.1) is 0 Å². The van der Waals surface area contributed by atoms with Crippen LogP contribution in [0.4, 0.5) is 0 Å². The average Bonchev–Trinajstić information content (AvgIpc) is 2.92. The first kappa shape index (κ1) is 20.8. The Morgan fingerprint density at radius 2 is 2.15 bits per heavy atom. The molecule has 0 unspecified atom stereocenters. The van der Waals surface area contributed by atoms with Gasteiger partial charge in [-0.15, -0.1) is 0 Å². The van der Waals surface area contributed by atoms with Gasteiger partial charge in [-0.05, 0) is 31.4 Å². The number of hydrogen-bond acceptors (Lipinski definition) is 8. The second kappa shape index (κ2) is 9.43. The number of carbonyl (C=O) groups is 2. The molecular weight excluding hydrogens is 360 g/mol. The fraction of sp³-hybridized carbons (Fsp3) is 0.588. The van der Waals surface area contributed by atoms with Gasteiger partial charge in [0.25, 0.3) is 6.23 Å². The lowest BCUT2D eigenvalue weighted by molar-refractivity contribution is -0.765. The lowest BCUT2D eigenvalue weighted by Gasteiger charge is -2.16. The number of esters is 1. The Bertz CT molecular complexity index is 643. The van der Waals surface area contributed by atoms with E-state index in [1.165, 1.54) is 17.7 Å². The van der Waals surface area contributed by atoms with Gasteiger partial charge in [0.15, 0.2) is 24.3 Å². The van der Waals surface area contributed by atoms with Crippen molar-refractivity contribution in [3.8, 4) is 0 Å². The maximum Gasteiger partial charge on any atom is 0.323 e. The Kier molecular flexibility index (Phi) is 7.54. The number of carbonyl (C=O) groups excluding carboxylic acids is 2. The number of rotatable bonds is 8. The van der Waals surface area contributed by atoms with Gasteiger partial charge >= 0.3 is 5.97 Å². The number of aromatic nitrogens is 1. The first-order valence-corrected chi connectivity index (χ1v) is 9.69. The molecule has 0 radical (unpaired) electrons. The number of ketones is 1. The predicted molar refractivity (Wildman–Crippen MR) is 94.5 cm³/mol. The number of hydrogen-bond donors (Lipinski definition) is 3. The van der Waals surface area contributed by atoms with Gasteiger partial charge in [-0.3, -0.25) is 9.59 Å². The van der Waals surface area contributed by atoms with Crippen molar-refractivity contribution >= 4 is 23.5 Å². The largest absolute Gasteiger partial charge is 0.462 e. The Hall–Kier alpha value is -1.52. The van der Waals surface area contributed by atoms with Crippen LogP contribution in [0.15, 0.2) is 24.5 Å². The van der Waals surface area contributed by atoms with Crippen molar-refractivity contribution in [2.75, 3.05) is 18.6 Å². The van der Waals surface area contributed by atoms with E-state index in [1.807, 2.05) is 6.26 Å². The molecule has 9 heteroatoms. The summed E-state index contributed by atoms with van der Waals surface area (Å²) in [5, 5.41) is 20.4. The summed E-state index contributed by atoms with van der Waals surface area (Å²) in [6.07, 6.45) is 1.34. The zero-order valence-corrected chi connectivity index (χ0v) is 15.6. The predicted octanol–water partition coefficient (Wildman–Crippen LogP) is -0.580. The van der Waals surface area contributed by atoms with E-state index in [9.17, 15) is 19.8 Å². The minimum Gasteiger partial charge on any atom is -0.462 e. The summed E-state index contributed by atoms with van der Waals surface area (Å²) >= 11 is 1.58. The number of nitrogens with two attached hydrogens (primary N) is 1. The summed E-state index contributed by atoms with van der Waals surface area (Å²) < 4.78 is 12.3. The van der Waals surface area contributed by atoms with Crippen LogP contribution >= 0.6 is 11.8 Å². The van der Waals surface area contributed by atoms with Gasteiger partial charge in [0.2, 0.25) is 0 Å². The molecule has 2 heterocycles. The lowest BCUT2D eigenvalue weighted by atomic mass is 10.1. The highest BCUT2D eigenvalue weighted by atomic mass is 32.2. The van der Waals surface area contributed by atoms with Crippen molar-refractivity contribution in [1.29, 1.82) is 0 Å². The van der Waals surface area contributed by atoms with Crippen molar-refractivity contribution < 1.29 is 33.8 Å². The molecule has 144 valence electrons. The van der Waals surface area contributed by atoms with E-state index in [2.05, 4.69) is 0 Å². The highest BCUT2D eigenvalue weighted by molar-refractivity contribution is 7.98. The van der Waals surface area contributed by atoms with E-state index in [4.69, 9.17) is 15.2 Å². The number of aliphatic hydroxyl groups is 2. The molecular formula is C17H25N2O6S+. The van der Waals surface area contributed by atoms with Crippen LogP contribution in [-0.2, 0) is 14.3 Å². The first-order valence-electron chi connectivity index (χ1n) is 8.29. The van der Waals surface area contributed by atoms with Crippen LogP contribution in [0.1, 0.15) is 29.9 Å². The van der Waals surface area contributed by atoms with Crippen LogP contribution in [0.25, 0.3) is 0 Å². The molecule has 5 atom stereocenters. The lowest BCUT2D eigenvalue weighted by Crippen LogP contribution is -2.46. The molecule has 1 aromatic heterocycles. The van der Waals surface area contributed by atoms with Gasteiger partial charge in [-0.25, -0.2) is 0 Å². The molecule has 8 nitrogen and oxygen atoms in total. The second-order valence-corrected chi connectivity index (χ2v) is 7.15. The first-order chi connectivity index (χ1) is 12.3. The monoisotopic (exact) mass is 385 g/mol. The normalized spacial score (nSPS) is 26.5. The van der Waals surface area contributed by atoms with Crippen molar-refractivity contribution in [3.63, 3.8) is 0 Å². The molecule has 0 amide bonds. The van der Waals surface area contributed by atoms with Crippen molar-refractivity contribution in [3.05, 3.63) is 30.1 Å². The number of Topliss-reactive ketones (excluding diaryl/α,β-unsaturated/α-hetero) is 1. The van der Waals surface area contributed by atoms with E-state index in [-0.39, 0.29) is 12.4 Å². The molecule has 2 rings (SSSR count). The third-order valence-electron chi connectivity index (χ3n) is 4.19. The van der Waals surface area contributed by atoms with Gasteiger partial charge in [0.05, 0.1) is 5.56 Å². The van der Waals surface area contributed by atoms with E-state index in [0.29, 0.717) is 12.0 Å². The number of aliphatic hydroxyl groups excluding tert-OH is 2. The molecule has 4 N–H and O–H groups in total. The van der Waals surface area contributed by atoms with Gasteiger partial charge in [-0.1, -0.05) is 0 Å². The molecule has 1 aromatic rings. The topological polar surface area (TPSA) is 123 Å². The van der Waals surface area contributed by atoms with Crippen LogP contribution in [0.2, 0.25) is 0 Å². The summed E-state index contributed by atoms with van der Waals surface area (Å²) in [6.45, 7) is 1.22. The third-order valence-corrected chi connectivity index (χ3v) is 4.83. The Morgan fingerprint density at radius 3 is 2.81 bits per heavy atom. The molecule has 0 bridgehead atoms. The fourth-order valence-electron chi connectivity index (χ4n) is 2.61. The maximum absolute atomic E-state index is 11.9. The molecule has 0 aliphatic carbocycles. The molecule has 26 heavy (non-hydrogen) atoms. The van der Waals surface area contributed by atoms with Gasteiger partial charge in [0.1, 0.15) is 24.9 Å². The van der Waals surface area contributed by atoms with Crippen LogP contribution < -0.4 is 10.3 Å². The number of thioether (sulfide) groups is 1. The van der Waals surface area contributed by atoms with E-state index < -0.39 is 36.6 Å². The standard InChI is InChI=1S/C17H25N2O6S/c1-10(20)11-4-3-6-19(8-11)16-15(22)14(21)13(25-16)9-24-17(23)12(18)5-7-26-2/h3-4,6,8,12-16,21-22H,5,7,9,18H2,1-2H3/q+1/t12-,13+,14+,15+,16+/m0/s1. The number of ether oxygens (including phenoxy) is 2. The molecule has 0 aromatic carbocycles. The molecule has 0 spiro atoms. The maximum atomic E-state index is 11.9. The third kappa shape index (κ3) is 5.01. The SMILES string of the molecule is CSCC[C@H](N)C(=O)OC[C@H]1O[C@@H]([n+]2cccc(C(C)=O)c2)[C@H](O)[C@@H]1O. The second-order valence-electron chi connectivity index (χ2n) is 6.16. The van der Waals surface area contributed by atoms with Crippen molar-refractivity contribution in [2.24, 2.45) is 5.73 Å². The summed E-state index contributed by atoms with van der Waals surface area (Å²) in [6, 6.07) is 2.56. The zero-order valence-electron chi connectivity index (χ0n) is 14.8. The van der Waals surface area contributed by atoms with Crippen LogP contribution in [0.3, 0.4) is 0 Å². The quantitative estimate of drug-likeness (QED) is 0.309. The Balaban J connectivity index is 1.98. The molecule has 1 saturated heterocycles. The van der Waals surface area contributed by atoms with Crippen LogP contribution in [-0.4, -0.2) is 64.9 Å². The van der Waals surface area contributed by atoms with Gasteiger partial charge in [-0.2, -0.15) is 16.3 Å². The van der Waals surface area contributed by atoms with E-state index >= 15 is 0 Å². The van der Waals surface area contributed by atoms with E-state index in [0.717, 1.165) is 5.75 Å². The summed E-state index contributed by atoms with van der Waals surface area (Å²) in [7, 11) is 0. The zero-order chi connectivity index (χ0) is 19.3. The van der Waals surface area contributed by atoms with Crippen molar-refractivity contribution in [2.45, 2.75) is 43.9 Å². The van der Waals surface area contributed by atoms with Crippen molar-refractivity contribution in [1.82, 2.24) is 0 Å². The average molecular weight is 385 g/mol. The molecule has 1 aliphatic rings. The molecule has 1 fully saturated rings. The Labute approximate surface area is 156 Å². The minimum atomic E-state index is -1.23. The number of nitrogens with zero attached hydrogens (tertiary/aromatic N) is 1. The molecule has 0 saturated carbocycles. The minimum absolute atomic E-state index is 0.128. The number of pyridine rings is 1. The highest BCUT2D eigenvalue weighted by Gasteiger charge is 2.48. The van der Waals surface area contributed by atoms with Gasteiger partial charge < -0.3 is 25.4 Å². The van der Waals surface area contributed by atoms with Crippen LogP contribution in [0.5, 0.6) is 0 Å². The fourth-order valence-corrected chi connectivity index (χ4v) is 3.10. The molecule has 1 aliphatic heterocycles. The summed E-state index contributed by atoms with van der Waals surface area (Å²) in [4.78, 5) is 23.4.